The normalized spacial score (nSPS) is 15.1. The Morgan fingerprint density at radius 3 is 2.71 bits per heavy atom. The summed E-state index contributed by atoms with van der Waals surface area (Å²) in [5.41, 5.74) is 2.06. The first-order valence-electron chi connectivity index (χ1n) is 10.4. The molecule has 162 valence electrons. The molecule has 0 atom stereocenters. The third kappa shape index (κ3) is 4.94. The standard InChI is InChI=1S/C24H26FN3O3/c1-16-11-19-21(13-24(16)30-14-17-6-9-28(2)10-7-17)26-8-5-22(19)31-23-4-3-18(27-15-29)12-20(23)25/h3-5,8,11-13,15,17H,6-7,9-10,14H2,1-2H3,(H,27,29). The highest BCUT2D eigenvalue weighted by atomic mass is 19.1. The topological polar surface area (TPSA) is 63.7 Å². The van der Waals surface area contributed by atoms with Crippen molar-refractivity contribution in [1.82, 2.24) is 9.88 Å². The number of nitrogens with zero attached hydrogens (tertiary/aromatic N) is 2. The van der Waals surface area contributed by atoms with E-state index in [4.69, 9.17) is 9.47 Å². The van der Waals surface area contributed by atoms with Crippen LogP contribution in [0.15, 0.2) is 42.6 Å². The predicted octanol–water partition coefficient (Wildman–Crippen LogP) is 4.76. The molecular weight excluding hydrogens is 397 g/mol. The van der Waals surface area contributed by atoms with Crippen LogP contribution in [0.2, 0.25) is 0 Å². The maximum absolute atomic E-state index is 14.4. The summed E-state index contributed by atoms with van der Waals surface area (Å²) in [7, 11) is 2.15. The highest BCUT2D eigenvalue weighted by Crippen LogP contribution is 2.34. The average molecular weight is 423 g/mol. The second kappa shape index (κ2) is 9.31. The van der Waals surface area contributed by atoms with Gasteiger partial charge in [-0.05, 0) is 75.6 Å². The SMILES string of the molecule is Cc1cc2c(Oc3ccc(NC=O)cc3F)ccnc2cc1OCC1CCN(C)CC1. The van der Waals surface area contributed by atoms with Crippen LogP contribution in [0, 0.1) is 18.7 Å². The smallest absolute Gasteiger partial charge is 0.211 e. The zero-order chi connectivity index (χ0) is 21.8. The van der Waals surface area contributed by atoms with E-state index in [9.17, 15) is 9.18 Å². The van der Waals surface area contributed by atoms with Gasteiger partial charge >= 0.3 is 0 Å². The van der Waals surface area contributed by atoms with E-state index in [2.05, 4.69) is 22.2 Å². The van der Waals surface area contributed by atoms with Crippen molar-refractivity contribution in [2.45, 2.75) is 19.8 Å². The molecular formula is C24H26FN3O3. The number of ether oxygens (including phenoxy) is 2. The molecule has 1 aliphatic rings. The molecule has 0 unspecified atom stereocenters. The van der Waals surface area contributed by atoms with Gasteiger partial charge in [-0.1, -0.05) is 0 Å². The van der Waals surface area contributed by atoms with Gasteiger partial charge < -0.3 is 19.7 Å². The van der Waals surface area contributed by atoms with Crippen LogP contribution < -0.4 is 14.8 Å². The van der Waals surface area contributed by atoms with Crippen molar-refractivity contribution in [2.75, 3.05) is 32.1 Å². The number of rotatable bonds is 7. The molecule has 3 aromatic rings. The van der Waals surface area contributed by atoms with Crippen molar-refractivity contribution in [2.24, 2.45) is 5.92 Å². The fourth-order valence-electron chi connectivity index (χ4n) is 3.80. The monoisotopic (exact) mass is 423 g/mol. The number of pyridine rings is 1. The van der Waals surface area contributed by atoms with Gasteiger partial charge in [0.2, 0.25) is 6.41 Å². The summed E-state index contributed by atoms with van der Waals surface area (Å²) in [6.07, 6.45) is 4.42. The summed E-state index contributed by atoms with van der Waals surface area (Å²) < 4.78 is 26.4. The van der Waals surface area contributed by atoms with E-state index in [1.807, 2.05) is 19.1 Å². The lowest BCUT2D eigenvalue weighted by Gasteiger charge is -2.28. The van der Waals surface area contributed by atoms with Gasteiger partial charge in [-0.15, -0.1) is 0 Å². The summed E-state index contributed by atoms with van der Waals surface area (Å²) in [5.74, 6) is 1.39. The van der Waals surface area contributed by atoms with Crippen molar-refractivity contribution in [3.05, 3.63) is 54.0 Å². The second-order valence-corrected chi connectivity index (χ2v) is 8.01. The molecule has 1 N–H and O–H groups in total. The highest BCUT2D eigenvalue weighted by Gasteiger charge is 2.18. The molecule has 2 heterocycles. The van der Waals surface area contributed by atoms with Gasteiger partial charge in [0.25, 0.3) is 0 Å². The van der Waals surface area contributed by atoms with Crippen LogP contribution in [-0.2, 0) is 4.79 Å². The molecule has 31 heavy (non-hydrogen) atoms. The van der Waals surface area contributed by atoms with Gasteiger partial charge in [-0.2, -0.15) is 0 Å². The highest BCUT2D eigenvalue weighted by molar-refractivity contribution is 5.87. The number of carbonyl (C=O) groups is 1. The average Bonchev–Trinajstić information content (AvgIpc) is 2.76. The zero-order valence-electron chi connectivity index (χ0n) is 17.7. The van der Waals surface area contributed by atoms with Gasteiger partial charge in [-0.25, -0.2) is 4.39 Å². The third-order valence-electron chi connectivity index (χ3n) is 5.69. The quantitative estimate of drug-likeness (QED) is 0.555. The molecule has 1 aromatic heterocycles. The molecule has 0 aliphatic carbocycles. The second-order valence-electron chi connectivity index (χ2n) is 8.01. The molecule has 1 amide bonds. The molecule has 4 rings (SSSR count). The van der Waals surface area contributed by atoms with Crippen LogP contribution in [0.3, 0.4) is 0 Å². The Kier molecular flexibility index (Phi) is 6.32. The Morgan fingerprint density at radius 2 is 1.97 bits per heavy atom. The van der Waals surface area contributed by atoms with Gasteiger partial charge in [0.05, 0.1) is 12.1 Å². The van der Waals surface area contributed by atoms with Crippen LogP contribution in [-0.4, -0.2) is 43.0 Å². The fourth-order valence-corrected chi connectivity index (χ4v) is 3.80. The number of nitrogens with one attached hydrogen (secondary N) is 1. The minimum atomic E-state index is -0.563. The number of piperidine rings is 1. The van der Waals surface area contributed by atoms with Crippen LogP contribution in [0.1, 0.15) is 18.4 Å². The number of aryl methyl sites for hydroxylation is 1. The van der Waals surface area contributed by atoms with Crippen molar-refractivity contribution in [1.29, 1.82) is 0 Å². The number of hydrogen-bond acceptors (Lipinski definition) is 5. The Hall–Kier alpha value is -3.19. The van der Waals surface area contributed by atoms with Crippen LogP contribution >= 0.6 is 0 Å². The van der Waals surface area contributed by atoms with E-state index >= 15 is 0 Å². The maximum Gasteiger partial charge on any atom is 0.211 e. The molecule has 1 aliphatic heterocycles. The number of fused-ring (bicyclic) bond motifs is 1. The summed E-state index contributed by atoms with van der Waals surface area (Å²) in [4.78, 5) is 17.3. The molecule has 6 nitrogen and oxygen atoms in total. The number of amides is 1. The predicted molar refractivity (Wildman–Crippen MR) is 118 cm³/mol. The molecule has 1 fully saturated rings. The van der Waals surface area contributed by atoms with Crippen molar-refractivity contribution in [3.8, 4) is 17.2 Å². The van der Waals surface area contributed by atoms with Crippen molar-refractivity contribution in [3.63, 3.8) is 0 Å². The Bertz CT molecular complexity index is 1080. The van der Waals surface area contributed by atoms with Crippen LogP contribution in [0.5, 0.6) is 17.2 Å². The van der Waals surface area contributed by atoms with Gasteiger partial charge in [0, 0.05) is 29.4 Å². The summed E-state index contributed by atoms with van der Waals surface area (Å²) in [5, 5.41) is 3.20. The number of hydrogen-bond donors (Lipinski definition) is 1. The maximum atomic E-state index is 14.4. The van der Waals surface area contributed by atoms with E-state index in [1.54, 1.807) is 18.3 Å². The lowest BCUT2D eigenvalue weighted by molar-refractivity contribution is -0.105. The number of anilines is 1. The number of likely N-dealkylation sites (tertiary alicyclic amines) is 1. The Balaban J connectivity index is 1.53. The lowest BCUT2D eigenvalue weighted by atomic mass is 9.98. The van der Waals surface area contributed by atoms with Gasteiger partial charge in [-0.3, -0.25) is 9.78 Å². The van der Waals surface area contributed by atoms with E-state index < -0.39 is 5.82 Å². The number of benzene rings is 2. The Labute approximate surface area is 181 Å². The molecule has 1 saturated heterocycles. The lowest BCUT2D eigenvalue weighted by Crippen LogP contribution is -2.32. The number of carbonyl (C=O) groups excluding carboxylic acids is 1. The summed E-state index contributed by atoms with van der Waals surface area (Å²) in [6, 6.07) is 9.86. The fraction of sp³-hybridized carbons (Fsp3) is 0.333. The van der Waals surface area contributed by atoms with Crippen LogP contribution in [0.25, 0.3) is 10.9 Å². The molecule has 0 spiro atoms. The minimum Gasteiger partial charge on any atom is -0.493 e. The van der Waals surface area contributed by atoms with Crippen molar-refractivity contribution < 1.29 is 18.7 Å². The van der Waals surface area contributed by atoms with Gasteiger partial charge in [0.1, 0.15) is 11.5 Å². The largest absolute Gasteiger partial charge is 0.493 e. The van der Waals surface area contributed by atoms with E-state index in [0.717, 1.165) is 48.1 Å². The Morgan fingerprint density at radius 1 is 1.16 bits per heavy atom. The number of aromatic nitrogens is 1. The van der Waals surface area contributed by atoms with Crippen molar-refractivity contribution >= 4 is 23.0 Å². The molecule has 0 radical (unpaired) electrons. The van der Waals surface area contributed by atoms with Gasteiger partial charge in [0.15, 0.2) is 11.6 Å². The van der Waals surface area contributed by atoms with E-state index in [0.29, 0.717) is 30.4 Å². The molecule has 2 aromatic carbocycles. The van der Waals surface area contributed by atoms with E-state index in [-0.39, 0.29) is 5.75 Å². The first-order chi connectivity index (χ1) is 15.0. The minimum absolute atomic E-state index is 0.0733. The summed E-state index contributed by atoms with van der Waals surface area (Å²) >= 11 is 0. The van der Waals surface area contributed by atoms with Crippen LogP contribution in [0.4, 0.5) is 10.1 Å². The molecule has 0 saturated carbocycles. The van der Waals surface area contributed by atoms with E-state index in [1.165, 1.54) is 12.1 Å². The third-order valence-corrected chi connectivity index (χ3v) is 5.69. The zero-order valence-corrected chi connectivity index (χ0v) is 17.7. The molecule has 0 bridgehead atoms. The first-order valence-corrected chi connectivity index (χ1v) is 10.4. The summed E-state index contributed by atoms with van der Waals surface area (Å²) in [6.45, 7) is 4.90. The molecule has 7 heteroatoms. The number of halogens is 1. The first kappa shape index (κ1) is 21.1.